The van der Waals surface area contributed by atoms with Crippen LogP contribution in [0.5, 0.6) is 0 Å². The highest BCUT2D eigenvalue weighted by atomic mass is 32.2. The van der Waals surface area contributed by atoms with E-state index in [0.717, 1.165) is 29.2 Å². The van der Waals surface area contributed by atoms with Gasteiger partial charge in [-0.1, -0.05) is 0 Å². The topological polar surface area (TPSA) is 112 Å². The quantitative estimate of drug-likeness (QED) is 0.758. The third kappa shape index (κ3) is 4.38. The van der Waals surface area contributed by atoms with Gasteiger partial charge >= 0.3 is 17.7 Å². The van der Waals surface area contributed by atoms with Crippen molar-refractivity contribution < 1.29 is 37.0 Å². The van der Waals surface area contributed by atoms with E-state index < -0.39 is 45.5 Å². The minimum atomic E-state index is -4.75. The SMILES string of the molecule is O=C(O)CN(CC(=O)O)c1ccc(S(=O)(=O)C(F)F)cc1. The fraction of sp³-hybridized carbons (Fsp3) is 0.273. The Hall–Kier alpha value is -2.23. The molecule has 0 saturated heterocycles. The monoisotopic (exact) mass is 323 g/mol. The van der Waals surface area contributed by atoms with Gasteiger partial charge < -0.3 is 15.1 Å². The Kier molecular flexibility index (Phi) is 5.19. The minimum Gasteiger partial charge on any atom is -0.480 e. The van der Waals surface area contributed by atoms with Gasteiger partial charge in [0.15, 0.2) is 0 Å². The maximum absolute atomic E-state index is 12.3. The van der Waals surface area contributed by atoms with Crippen molar-refractivity contribution in [3.63, 3.8) is 0 Å². The third-order valence-corrected chi connectivity index (χ3v) is 3.82. The van der Waals surface area contributed by atoms with E-state index in [2.05, 4.69) is 0 Å². The lowest BCUT2D eigenvalue weighted by Crippen LogP contribution is -2.34. The zero-order valence-electron chi connectivity index (χ0n) is 10.4. The average Bonchev–Trinajstić information content (AvgIpc) is 2.36. The standard InChI is InChI=1S/C11H11F2NO6S/c12-11(13)21(19,20)8-3-1-7(2-4-8)14(5-9(15)16)6-10(17)18/h1-4,11H,5-6H2,(H,15,16)(H,17,18). The molecule has 0 atom stereocenters. The first-order valence-electron chi connectivity index (χ1n) is 5.45. The van der Waals surface area contributed by atoms with Crippen molar-refractivity contribution in [2.45, 2.75) is 10.7 Å². The van der Waals surface area contributed by atoms with E-state index in [9.17, 15) is 26.8 Å². The van der Waals surface area contributed by atoms with Gasteiger partial charge in [0.2, 0.25) is 9.84 Å². The first-order valence-corrected chi connectivity index (χ1v) is 7.00. The van der Waals surface area contributed by atoms with Crippen LogP contribution in [0.15, 0.2) is 29.2 Å². The van der Waals surface area contributed by atoms with Gasteiger partial charge in [-0.3, -0.25) is 9.59 Å². The molecule has 0 aliphatic carbocycles. The van der Waals surface area contributed by atoms with Crippen LogP contribution in [0.1, 0.15) is 0 Å². The highest BCUT2D eigenvalue weighted by Gasteiger charge is 2.26. The van der Waals surface area contributed by atoms with Crippen LogP contribution in [-0.2, 0) is 19.4 Å². The van der Waals surface area contributed by atoms with Gasteiger partial charge in [0, 0.05) is 5.69 Å². The van der Waals surface area contributed by atoms with Gasteiger partial charge in [0.1, 0.15) is 13.1 Å². The Balaban J connectivity index is 3.08. The van der Waals surface area contributed by atoms with E-state index in [0.29, 0.717) is 0 Å². The predicted octanol–water partition coefficient (Wildman–Crippen LogP) is 0.659. The second-order valence-corrected chi connectivity index (χ2v) is 5.86. The summed E-state index contributed by atoms with van der Waals surface area (Å²) in [6, 6.07) is 3.88. The number of carboxylic acid groups (broad SMARTS) is 2. The summed E-state index contributed by atoms with van der Waals surface area (Å²) in [4.78, 5) is 21.6. The van der Waals surface area contributed by atoms with Crippen molar-refractivity contribution >= 4 is 27.5 Å². The van der Waals surface area contributed by atoms with Crippen LogP contribution in [0.2, 0.25) is 0 Å². The van der Waals surface area contributed by atoms with Crippen LogP contribution < -0.4 is 4.90 Å². The fourth-order valence-electron chi connectivity index (χ4n) is 1.51. The molecule has 1 aromatic carbocycles. The van der Waals surface area contributed by atoms with E-state index in [-0.39, 0.29) is 5.69 Å². The van der Waals surface area contributed by atoms with Gasteiger partial charge in [-0.15, -0.1) is 0 Å². The molecule has 0 amide bonds. The summed E-state index contributed by atoms with van der Waals surface area (Å²) in [6.07, 6.45) is 0. The van der Waals surface area contributed by atoms with Gasteiger partial charge in [-0.25, -0.2) is 8.42 Å². The summed E-state index contributed by atoms with van der Waals surface area (Å²) in [5, 5.41) is 17.4. The molecule has 7 nitrogen and oxygen atoms in total. The number of alkyl halides is 2. The van der Waals surface area contributed by atoms with Gasteiger partial charge in [0.05, 0.1) is 4.90 Å². The maximum Gasteiger partial charge on any atom is 0.341 e. The highest BCUT2D eigenvalue weighted by molar-refractivity contribution is 7.91. The summed E-state index contributed by atoms with van der Waals surface area (Å²) in [7, 11) is -4.75. The first-order chi connectivity index (χ1) is 9.64. The van der Waals surface area contributed by atoms with Crippen LogP contribution in [0.4, 0.5) is 14.5 Å². The number of anilines is 1. The van der Waals surface area contributed by atoms with Crippen LogP contribution >= 0.6 is 0 Å². The highest BCUT2D eigenvalue weighted by Crippen LogP contribution is 2.22. The predicted molar refractivity (Wildman–Crippen MR) is 67.1 cm³/mol. The maximum atomic E-state index is 12.3. The Bertz CT molecular complexity index is 613. The van der Waals surface area contributed by atoms with Crippen molar-refractivity contribution in [3.8, 4) is 0 Å². The Labute approximate surface area is 118 Å². The average molecular weight is 323 g/mol. The van der Waals surface area contributed by atoms with E-state index >= 15 is 0 Å². The van der Waals surface area contributed by atoms with Crippen LogP contribution in [-0.4, -0.2) is 49.4 Å². The Morgan fingerprint density at radius 1 is 1.05 bits per heavy atom. The first kappa shape index (κ1) is 16.8. The van der Waals surface area contributed by atoms with E-state index in [1.165, 1.54) is 0 Å². The Morgan fingerprint density at radius 2 is 1.48 bits per heavy atom. The lowest BCUT2D eigenvalue weighted by Gasteiger charge is -2.20. The van der Waals surface area contributed by atoms with E-state index in [4.69, 9.17) is 10.2 Å². The third-order valence-electron chi connectivity index (χ3n) is 2.42. The normalized spacial score (nSPS) is 11.4. The number of rotatable bonds is 7. The lowest BCUT2D eigenvalue weighted by atomic mass is 10.3. The molecule has 0 radical (unpaired) electrons. The smallest absolute Gasteiger partial charge is 0.341 e. The summed E-state index contributed by atoms with van der Waals surface area (Å²) in [6.45, 7) is -1.26. The molecule has 0 saturated carbocycles. The molecule has 0 aliphatic heterocycles. The molecule has 0 spiro atoms. The summed E-state index contributed by atoms with van der Waals surface area (Å²) >= 11 is 0. The molecule has 10 heteroatoms. The number of carboxylic acids is 2. The Morgan fingerprint density at radius 3 is 1.81 bits per heavy atom. The lowest BCUT2D eigenvalue weighted by molar-refractivity contribution is -0.136. The van der Waals surface area contributed by atoms with Crippen molar-refractivity contribution in [2.24, 2.45) is 0 Å². The zero-order valence-corrected chi connectivity index (χ0v) is 11.3. The number of halogens is 2. The number of carbonyl (C=O) groups is 2. The molecule has 0 aliphatic rings. The largest absolute Gasteiger partial charge is 0.480 e. The molecular weight excluding hydrogens is 312 g/mol. The van der Waals surface area contributed by atoms with Crippen LogP contribution in [0, 0.1) is 0 Å². The molecule has 0 bridgehead atoms. The van der Waals surface area contributed by atoms with Gasteiger partial charge in [0.25, 0.3) is 0 Å². The van der Waals surface area contributed by atoms with Crippen LogP contribution in [0.3, 0.4) is 0 Å². The van der Waals surface area contributed by atoms with Crippen LogP contribution in [0.25, 0.3) is 0 Å². The van der Waals surface area contributed by atoms with Crippen molar-refractivity contribution in [1.82, 2.24) is 0 Å². The molecule has 0 heterocycles. The molecule has 1 aromatic rings. The van der Waals surface area contributed by atoms with Crippen molar-refractivity contribution in [1.29, 1.82) is 0 Å². The molecule has 116 valence electrons. The number of nitrogens with zero attached hydrogens (tertiary/aromatic N) is 1. The van der Waals surface area contributed by atoms with E-state index in [1.807, 2.05) is 0 Å². The fourth-order valence-corrected chi connectivity index (χ4v) is 2.24. The minimum absolute atomic E-state index is 0.0908. The molecule has 0 unspecified atom stereocenters. The van der Waals surface area contributed by atoms with Gasteiger partial charge in [-0.05, 0) is 24.3 Å². The number of hydrogen-bond acceptors (Lipinski definition) is 5. The molecular formula is C11H11F2NO6S. The number of hydrogen-bond donors (Lipinski definition) is 2. The molecule has 0 fully saturated rings. The van der Waals surface area contributed by atoms with Crippen molar-refractivity contribution in [3.05, 3.63) is 24.3 Å². The number of aliphatic carboxylic acids is 2. The summed E-state index contributed by atoms with van der Waals surface area (Å²) < 4.78 is 47.1. The zero-order chi connectivity index (χ0) is 16.2. The van der Waals surface area contributed by atoms with Gasteiger partial charge in [-0.2, -0.15) is 8.78 Å². The molecule has 2 N–H and O–H groups in total. The second kappa shape index (κ2) is 6.48. The number of sulfone groups is 1. The number of benzene rings is 1. The molecule has 21 heavy (non-hydrogen) atoms. The second-order valence-electron chi connectivity index (χ2n) is 3.94. The summed E-state index contributed by atoms with van der Waals surface area (Å²) in [5.74, 6) is -6.15. The summed E-state index contributed by atoms with van der Waals surface area (Å²) in [5.41, 5.74) is 0.0908. The molecule has 1 rings (SSSR count). The van der Waals surface area contributed by atoms with Crippen molar-refractivity contribution in [2.75, 3.05) is 18.0 Å². The van der Waals surface area contributed by atoms with E-state index in [1.54, 1.807) is 0 Å². The molecule has 0 aromatic heterocycles.